The minimum atomic E-state index is -0.446. The molecule has 0 fully saturated rings. The first kappa shape index (κ1) is 10.4. The Labute approximate surface area is 81.3 Å². The summed E-state index contributed by atoms with van der Waals surface area (Å²) in [6.45, 7) is -0.0432. The van der Waals surface area contributed by atoms with E-state index in [1.54, 1.807) is 13.1 Å². The van der Waals surface area contributed by atoms with Gasteiger partial charge in [0, 0.05) is 0 Å². The summed E-state index contributed by atoms with van der Waals surface area (Å²) in [4.78, 5) is 0. The van der Waals surface area contributed by atoms with Crippen LogP contribution >= 0.6 is 11.6 Å². The Morgan fingerprint density at radius 1 is 1.62 bits per heavy atom. The van der Waals surface area contributed by atoms with Gasteiger partial charge in [-0.1, -0.05) is 17.7 Å². The maximum atomic E-state index is 12.8. The largest absolute Gasteiger partial charge is 0.394 e. The zero-order chi connectivity index (χ0) is 9.84. The lowest BCUT2D eigenvalue weighted by atomic mass is 10.1. The van der Waals surface area contributed by atoms with Crippen LogP contribution in [-0.4, -0.2) is 18.8 Å². The molecular formula is C9H11ClFNO. The van der Waals surface area contributed by atoms with E-state index in [-0.39, 0.29) is 17.7 Å². The lowest BCUT2D eigenvalue weighted by molar-refractivity contribution is 0.251. The van der Waals surface area contributed by atoms with Gasteiger partial charge < -0.3 is 10.4 Å². The molecule has 1 aromatic carbocycles. The summed E-state index contributed by atoms with van der Waals surface area (Å²) in [5.74, 6) is -0.446. The number of hydrogen-bond donors (Lipinski definition) is 2. The van der Waals surface area contributed by atoms with Crippen molar-refractivity contribution in [3.8, 4) is 0 Å². The molecule has 0 aliphatic heterocycles. The molecule has 1 atom stereocenters. The molecule has 0 saturated heterocycles. The van der Waals surface area contributed by atoms with E-state index in [1.165, 1.54) is 12.1 Å². The van der Waals surface area contributed by atoms with E-state index in [9.17, 15) is 4.39 Å². The number of hydrogen-bond acceptors (Lipinski definition) is 2. The SMILES string of the molecule is CN[C@@H](CO)c1ccc(F)c(Cl)c1. The van der Waals surface area contributed by atoms with E-state index in [2.05, 4.69) is 5.32 Å². The molecule has 0 radical (unpaired) electrons. The van der Waals surface area contributed by atoms with Crippen LogP contribution in [-0.2, 0) is 0 Å². The number of likely N-dealkylation sites (N-methyl/N-ethyl adjacent to an activating group) is 1. The third-order valence-corrected chi connectivity index (χ3v) is 2.17. The fourth-order valence-electron chi connectivity index (χ4n) is 1.09. The average molecular weight is 204 g/mol. The molecule has 1 aromatic rings. The molecule has 72 valence electrons. The van der Waals surface area contributed by atoms with Crippen LogP contribution in [0.4, 0.5) is 4.39 Å². The van der Waals surface area contributed by atoms with Gasteiger partial charge in [0.15, 0.2) is 0 Å². The average Bonchev–Trinajstić information content (AvgIpc) is 2.13. The topological polar surface area (TPSA) is 32.3 Å². The Morgan fingerprint density at radius 2 is 2.31 bits per heavy atom. The van der Waals surface area contributed by atoms with Gasteiger partial charge in [-0.25, -0.2) is 4.39 Å². The molecule has 0 amide bonds. The van der Waals surface area contributed by atoms with Crippen molar-refractivity contribution in [1.82, 2.24) is 5.32 Å². The fourth-order valence-corrected chi connectivity index (χ4v) is 1.28. The van der Waals surface area contributed by atoms with Crippen molar-refractivity contribution in [1.29, 1.82) is 0 Å². The smallest absolute Gasteiger partial charge is 0.141 e. The van der Waals surface area contributed by atoms with Crippen LogP contribution in [0.3, 0.4) is 0 Å². The second-order valence-corrected chi connectivity index (χ2v) is 3.10. The molecule has 1 rings (SSSR count). The van der Waals surface area contributed by atoms with E-state index in [1.807, 2.05) is 0 Å². The van der Waals surface area contributed by atoms with Crippen molar-refractivity contribution in [3.05, 3.63) is 34.6 Å². The number of aliphatic hydroxyl groups excluding tert-OH is 1. The quantitative estimate of drug-likeness (QED) is 0.784. The Morgan fingerprint density at radius 3 is 2.77 bits per heavy atom. The summed E-state index contributed by atoms with van der Waals surface area (Å²) in [7, 11) is 1.72. The van der Waals surface area contributed by atoms with Gasteiger partial charge in [-0.3, -0.25) is 0 Å². The van der Waals surface area contributed by atoms with Gasteiger partial charge in [0.05, 0.1) is 17.7 Å². The summed E-state index contributed by atoms with van der Waals surface area (Å²) in [6.07, 6.45) is 0. The van der Waals surface area contributed by atoms with E-state index in [0.717, 1.165) is 5.56 Å². The van der Waals surface area contributed by atoms with E-state index in [0.29, 0.717) is 0 Å². The minimum Gasteiger partial charge on any atom is -0.394 e. The number of benzene rings is 1. The highest BCUT2D eigenvalue weighted by molar-refractivity contribution is 6.30. The highest BCUT2D eigenvalue weighted by atomic mass is 35.5. The van der Waals surface area contributed by atoms with Gasteiger partial charge in [-0.15, -0.1) is 0 Å². The Hall–Kier alpha value is -0.640. The molecular weight excluding hydrogens is 193 g/mol. The molecule has 13 heavy (non-hydrogen) atoms. The first-order valence-corrected chi connectivity index (χ1v) is 4.30. The lowest BCUT2D eigenvalue weighted by Gasteiger charge is -2.13. The zero-order valence-corrected chi connectivity index (χ0v) is 7.98. The molecule has 4 heteroatoms. The van der Waals surface area contributed by atoms with Gasteiger partial charge in [0.2, 0.25) is 0 Å². The number of rotatable bonds is 3. The Bertz CT molecular complexity index is 289. The van der Waals surface area contributed by atoms with Crippen molar-refractivity contribution in [2.75, 3.05) is 13.7 Å². The molecule has 2 N–H and O–H groups in total. The lowest BCUT2D eigenvalue weighted by Crippen LogP contribution is -2.19. The van der Waals surface area contributed by atoms with Crippen LogP contribution in [0.2, 0.25) is 5.02 Å². The molecule has 0 bridgehead atoms. The second kappa shape index (κ2) is 4.56. The van der Waals surface area contributed by atoms with E-state index < -0.39 is 5.82 Å². The van der Waals surface area contributed by atoms with Crippen molar-refractivity contribution >= 4 is 11.6 Å². The number of nitrogens with one attached hydrogen (secondary N) is 1. The van der Waals surface area contributed by atoms with Crippen LogP contribution < -0.4 is 5.32 Å². The maximum absolute atomic E-state index is 12.8. The summed E-state index contributed by atoms with van der Waals surface area (Å²) in [5.41, 5.74) is 0.774. The molecule has 0 aliphatic carbocycles. The molecule has 0 aliphatic rings. The van der Waals surface area contributed by atoms with E-state index >= 15 is 0 Å². The minimum absolute atomic E-state index is 0.0432. The summed E-state index contributed by atoms with van der Waals surface area (Å²) in [5, 5.41) is 11.9. The van der Waals surface area contributed by atoms with Crippen molar-refractivity contribution in [2.45, 2.75) is 6.04 Å². The summed E-state index contributed by atoms with van der Waals surface area (Å²) in [6, 6.07) is 4.20. The molecule has 0 aromatic heterocycles. The highest BCUT2D eigenvalue weighted by Gasteiger charge is 2.09. The van der Waals surface area contributed by atoms with E-state index in [4.69, 9.17) is 16.7 Å². The van der Waals surface area contributed by atoms with Gasteiger partial charge in [0.25, 0.3) is 0 Å². The molecule has 0 unspecified atom stereocenters. The van der Waals surface area contributed by atoms with Crippen LogP contribution in [0.15, 0.2) is 18.2 Å². The van der Waals surface area contributed by atoms with Crippen LogP contribution in [0.25, 0.3) is 0 Å². The van der Waals surface area contributed by atoms with Gasteiger partial charge >= 0.3 is 0 Å². The number of halogens is 2. The molecule has 0 spiro atoms. The molecule has 2 nitrogen and oxygen atoms in total. The fraction of sp³-hybridized carbons (Fsp3) is 0.333. The maximum Gasteiger partial charge on any atom is 0.141 e. The first-order chi connectivity index (χ1) is 6.19. The van der Waals surface area contributed by atoms with Gasteiger partial charge in [0.1, 0.15) is 5.82 Å². The van der Waals surface area contributed by atoms with Crippen LogP contribution in [0.5, 0.6) is 0 Å². The van der Waals surface area contributed by atoms with Crippen LogP contribution in [0, 0.1) is 5.82 Å². The Kier molecular flexibility index (Phi) is 3.66. The van der Waals surface area contributed by atoms with Gasteiger partial charge in [-0.2, -0.15) is 0 Å². The van der Waals surface area contributed by atoms with Gasteiger partial charge in [-0.05, 0) is 24.7 Å². The van der Waals surface area contributed by atoms with Crippen molar-refractivity contribution < 1.29 is 9.50 Å². The highest BCUT2D eigenvalue weighted by Crippen LogP contribution is 2.20. The predicted molar refractivity (Wildman–Crippen MR) is 50.3 cm³/mol. The van der Waals surface area contributed by atoms with Crippen LogP contribution in [0.1, 0.15) is 11.6 Å². The third-order valence-electron chi connectivity index (χ3n) is 1.88. The third kappa shape index (κ3) is 2.40. The summed E-state index contributed by atoms with van der Waals surface area (Å²) >= 11 is 5.59. The predicted octanol–water partition coefficient (Wildman–Crippen LogP) is 1.73. The normalized spacial score (nSPS) is 12.9. The van der Waals surface area contributed by atoms with Crippen molar-refractivity contribution in [3.63, 3.8) is 0 Å². The second-order valence-electron chi connectivity index (χ2n) is 2.70. The monoisotopic (exact) mass is 203 g/mol. The van der Waals surface area contributed by atoms with Crippen molar-refractivity contribution in [2.24, 2.45) is 0 Å². The number of aliphatic hydroxyl groups is 1. The summed E-state index contributed by atoms with van der Waals surface area (Å²) < 4.78 is 12.8. The first-order valence-electron chi connectivity index (χ1n) is 3.92. The standard InChI is InChI=1S/C9H11ClFNO/c1-12-9(5-13)6-2-3-8(11)7(10)4-6/h2-4,9,12-13H,5H2,1H3/t9-/m0/s1. The molecule has 0 saturated carbocycles. The Balaban J connectivity index is 2.95. The zero-order valence-electron chi connectivity index (χ0n) is 7.22. The molecule has 0 heterocycles.